The normalized spacial score (nSPS) is 13.1. The molecule has 2 aromatic carbocycles. The number of benzene rings is 2. The Morgan fingerprint density at radius 2 is 2.14 bits per heavy atom. The van der Waals surface area contributed by atoms with Crippen LogP contribution in [0.5, 0.6) is 5.75 Å². The molecule has 0 atom stereocenters. The maximum atomic E-state index is 13.1. The summed E-state index contributed by atoms with van der Waals surface area (Å²) < 4.78 is 18.4. The van der Waals surface area contributed by atoms with E-state index >= 15 is 0 Å². The van der Waals surface area contributed by atoms with Gasteiger partial charge in [0, 0.05) is 11.8 Å². The van der Waals surface area contributed by atoms with Crippen molar-refractivity contribution in [3.05, 3.63) is 41.2 Å². The molecule has 21 heavy (non-hydrogen) atoms. The van der Waals surface area contributed by atoms with E-state index in [2.05, 4.69) is 10.6 Å². The standard InChI is InChI=1S/C14H11ClFN3O2/c15-8-3-7(1-2-9(8)16)18-11-5-12-13(4-10(11)17)21-6-14(20)19-12/h1-5,18H,6,17H2,(H,19,20). The van der Waals surface area contributed by atoms with Gasteiger partial charge in [-0.3, -0.25) is 4.79 Å². The largest absolute Gasteiger partial charge is 0.482 e. The molecule has 1 heterocycles. The number of hydrogen-bond acceptors (Lipinski definition) is 4. The average Bonchev–Trinajstić information content (AvgIpc) is 2.44. The minimum Gasteiger partial charge on any atom is -0.482 e. The lowest BCUT2D eigenvalue weighted by Gasteiger charge is -2.20. The van der Waals surface area contributed by atoms with Crippen LogP contribution in [0.1, 0.15) is 0 Å². The predicted molar refractivity (Wildman–Crippen MR) is 79.7 cm³/mol. The zero-order chi connectivity index (χ0) is 15.0. The molecule has 1 aliphatic heterocycles. The Hall–Kier alpha value is -2.47. The second-order valence-corrected chi connectivity index (χ2v) is 4.93. The van der Waals surface area contributed by atoms with Gasteiger partial charge in [-0.1, -0.05) is 11.6 Å². The monoisotopic (exact) mass is 307 g/mol. The number of halogens is 2. The second kappa shape index (κ2) is 5.14. The summed E-state index contributed by atoms with van der Waals surface area (Å²) in [5, 5.41) is 5.72. The smallest absolute Gasteiger partial charge is 0.262 e. The van der Waals surface area contributed by atoms with Crippen LogP contribution in [0.25, 0.3) is 0 Å². The molecule has 1 amide bonds. The molecule has 0 unspecified atom stereocenters. The molecule has 0 radical (unpaired) electrons. The van der Waals surface area contributed by atoms with Crippen molar-refractivity contribution >= 4 is 40.3 Å². The fourth-order valence-corrected chi connectivity index (χ4v) is 2.16. The van der Waals surface area contributed by atoms with Crippen molar-refractivity contribution in [2.75, 3.05) is 23.0 Å². The first kappa shape index (κ1) is 13.5. The first-order valence-corrected chi connectivity index (χ1v) is 6.49. The van der Waals surface area contributed by atoms with Gasteiger partial charge in [0.25, 0.3) is 5.91 Å². The summed E-state index contributed by atoms with van der Waals surface area (Å²) >= 11 is 5.73. The summed E-state index contributed by atoms with van der Waals surface area (Å²) in [6.45, 7) is -0.0349. The Bertz CT molecular complexity index is 736. The van der Waals surface area contributed by atoms with Crippen LogP contribution in [0.4, 0.5) is 27.1 Å². The van der Waals surface area contributed by atoms with E-state index in [4.69, 9.17) is 22.1 Å². The molecular formula is C14H11ClFN3O2. The molecule has 4 N–H and O–H groups in total. The summed E-state index contributed by atoms with van der Waals surface area (Å²) in [6.07, 6.45) is 0. The number of amides is 1. The Morgan fingerprint density at radius 3 is 2.90 bits per heavy atom. The molecule has 0 saturated heterocycles. The fourth-order valence-electron chi connectivity index (χ4n) is 1.98. The average molecular weight is 308 g/mol. The molecule has 0 aliphatic carbocycles. The Balaban J connectivity index is 1.93. The van der Waals surface area contributed by atoms with E-state index in [0.29, 0.717) is 28.5 Å². The van der Waals surface area contributed by atoms with Gasteiger partial charge in [0.05, 0.1) is 22.1 Å². The van der Waals surface area contributed by atoms with Crippen molar-refractivity contribution in [1.82, 2.24) is 0 Å². The van der Waals surface area contributed by atoms with E-state index in [1.54, 1.807) is 12.1 Å². The van der Waals surface area contributed by atoms with Crippen LogP contribution >= 0.6 is 11.6 Å². The van der Waals surface area contributed by atoms with Crippen molar-refractivity contribution < 1.29 is 13.9 Å². The first-order chi connectivity index (χ1) is 10.0. The topological polar surface area (TPSA) is 76.4 Å². The number of nitrogens with one attached hydrogen (secondary N) is 2. The number of nitrogens with two attached hydrogens (primary N) is 1. The van der Waals surface area contributed by atoms with Crippen LogP contribution in [-0.4, -0.2) is 12.5 Å². The molecule has 3 rings (SSSR count). The highest BCUT2D eigenvalue weighted by molar-refractivity contribution is 6.31. The number of fused-ring (bicyclic) bond motifs is 1. The van der Waals surface area contributed by atoms with Crippen molar-refractivity contribution in [2.24, 2.45) is 0 Å². The Labute approximate surface area is 124 Å². The van der Waals surface area contributed by atoms with Crippen LogP contribution in [0.3, 0.4) is 0 Å². The van der Waals surface area contributed by atoms with E-state index in [1.165, 1.54) is 18.2 Å². The van der Waals surface area contributed by atoms with Gasteiger partial charge in [0.2, 0.25) is 0 Å². The summed E-state index contributed by atoms with van der Waals surface area (Å²) in [6, 6.07) is 7.51. The van der Waals surface area contributed by atoms with Crippen LogP contribution in [0, 0.1) is 5.82 Å². The predicted octanol–water partition coefficient (Wildman–Crippen LogP) is 3.14. The summed E-state index contributed by atoms with van der Waals surface area (Å²) in [4.78, 5) is 11.3. The van der Waals surface area contributed by atoms with Gasteiger partial charge < -0.3 is 21.1 Å². The number of hydrogen-bond donors (Lipinski definition) is 3. The molecule has 0 saturated carbocycles. The van der Waals surface area contributed by atoms with Gasteiger partial charge >= 0.3 is 0 Å². The number of ether oxygens (including phenoxy) is 1. The third kappa shape index (κ3) is 2.71. The number of anilines is 4. The molecule has 0 bridgehead atoms. The maximum absolute atomic E-state index is 13.1. The van der Waals surface area contributed by atoms with Gasteiger partial charge in [0.1, 0.15) is 11.6 Å². The molecule has 7 heteroatoms. The molecular weight excluding hydrogens is 297 g/mol. The van der Waals surface area contributed by atoms with E-state index in [-0.39, 0.29) is 17.5 Å². The lowest BCUT2D eigenvalue weighted by Crippen LogP contribution is -2.25. The summed E-state index contributed by atoms with van der Waals surface area (Å²) in [5.41, 5.74) is 8.03. The molecule has 0 fully saturated rings. The maximum Gasteiger partial charge on any atom is 0.262 e. The van der Waals surface area contributed by atoms with Crippen molar-refractivity contribution in [3.8, 4) is 5.75 Å². The summed E-state index contributed by atoms with van der Waals surface area (Å²) in [5.74, 6) is -0.223. The van der Waals surface area contributed by atoms with Crippen LogP contribution in [0.2, 0.25) is 5.02 Å². The van der Waals surface area contributed by atoms with E-state index < -0.39 is 5.82 Å². The lowest BCUT2D eigenvalue weighted by molar-refractivity contribution is -0.118. The fraction of sp³-hybridized carbons (Fsp3) is 0.0714. The van der Waals surface area contributed by atoms with E-state index in [1.807, 2.05) is 0 Å². The zero-order valence-electron chi connectivity index (χ0n) is 10.7. The summed E-state index contributed by atoms with van der Waals surface area (Å²) in [7, 11) is 0. The SMILES string of the molecule is Nc1cc2c(cc1Nc1ccc(F)c(Cl)c1)NC(=O)CO2. The van der Waals surface area contributed by atoms with Gasteiger partial charge in [-0.2, -0.15) is 0 Å². The highest BCUT2D eigenvalue weighted by Gasteiger charge is 2.18. The van der Waals surface area contributed by atoms with E-state index in [9.17, 15) is 9.18 Å². The van der Waals surface area contributed by atoms with Gasteiger partial charge in [-0.15, -0.1) is 0 Å². The molecule has 108 valence electrons. The second-order valence-electron chi connectivity index (χ2n) is 4.53. The lowest BCUT2D eigenvalue weighted by atomic mass is 10.2. The van der Waals surface area contributed by atoms with Crippen LogP contribution in [0.15, 0.2) is 30.3 Å². The number of carbonyl (C=O) groups is 1. The highest BCUT2D eigenvalue weighted by atomic mass is 35.5. The van der Waals surface area contributed by atoms with E-state index in [0.717, 1.165) is 0 Å². The van der Waals surface area contributed by atoms with Crippen molar-refractivity contribution in [2.45, 2.75) is 0 Å². The molecule has 0 aromatic heterocycles. The molecule has 0 spiro atoms. The molecule has 1 aliphatic rings. The van der Waals surface area contributed by atoms with Crippen molar-refractivity contribution in [3.63, 3.8) is 0 Å². The van der Waals surface area contributed by atoms with Crippen LogP contribution in [-0.2, 0) is 4.79 Å². The van der Waals surface area contributed by atoms with Gasteiger partial charge in [-0.25, -0.2) is 4.39 Å². The minimum atomic E-state index is -0.499. The van der Waals surface area contributed by atoms with Gasteiger partial charge in [0.15, 0.2) is 6.61 Å². The zero-order valence-corrected chi connectivity index (χ0v) is 11.5. The highest BCUT2D eigenvalue weighted by Crippen LogP contribution is 2.36. The minimum absolute atomic E-state index is 0.00756. The Kier molecular flexibility index (Phi) is 3.31. The third-order valence-electron chi connectivity index (χ3n) is 2.98. The number of nitrogen functional groups attached to an aromatic ring is 1. The quantitative estimate of drug-likeness (QED) is 0.745. The first-order valence-electron chi connectivity index (χ1n) is 6.11. The van der Waals surface area contributed by atoms with Crippen molar-refractivity contribution in [1.29, 1.82) is 0 Å². The Morgan fingerprint density at radius 1 is 1.33 bits per heavy atom. The number of carbonyl (C=O) groups excluding carboxylic acids is 1. The van der Waals surface area contributed by atoms with Crippen LogP contribution < -0.4 is 21.1 Å². The third-order valence-corrected chi connectivity index (χ3v) is 3.27. The molecule has 2 aromatic rings. The number of rotatable bonds is 2. The molecule has 5 nitrogen and oxygen atoms in total. The van der Waals surface area contributed by atoms with Gasteiger partial charge in [-0.05, 0) is 24.3 Å².